The summed E-state index contributed by atoms with van der Waals surface area (Å²) in [4.78, 5) is 27.2. The summed E-state index contributed by atoms with van der Waals surface area (Å²) in [6.07, 6.45) is 0.777. The van der Waals surface area contributed by atoms with Crippen LogP contribution in [-0.4, -0.2) is 48.3 Å². The zero-order chi connectivity index (χ0) is 17.8. The number of halogens is 2. The maximum absolute atomic E-state index is 13.3. The van der Waals surface area contributed by atoms with Gasteiger partial charge in [0, 0.05) is 26.2 Å². The van der Waals surface area contributed by atoms with Gasteiger partial charge in [0.1, 0.15) is 11.6 Å². The Morgan fingerprint density at radius 1 is 0.840 bits per heavy atom. The first-order valence-electron chi connectivity index (χ1n) is 8.07. The van der Waals surface area contributed by atoms with Crippen LogP contribution in [0.4, 0.5) is 8.78 Å². The fraction of sp³-hybridized carbons (Fsp3) is 0.263. The first-order chi connectivity index (χ1) is 12.1. The number of hydrogen-bond acceptors (Lipinski definition) is 2. The van der Waals surface area contributed by atoms with Crippen molar-refractivity contribution in [3.63, 3.8) is 0 Å². The van der Waals surface area contributed by atoms with Crippen LogP contribution in [0, 0.1) is 11.6 Å². The van der Waals surface area contributed by atoms with Gasteiger partial charge in [-0.05, 0) is 35.4 Å². The van der Waals surface area contributed by atoms with E-state index in [9.17, 15) is 18.4 Å². The summed E-state index contributed by atoms with van der Waals surface area (Å²) in [5, 5.41) is 0. The Labute approximate surface area is 144 Å². The molecule has 2 aromatic carbocycles. The lowest BCUT2D eigenvalue weighted by Gasteiger charge is -2.35. The van der Waals surface area contributed by atoms with Crippen molar-refractivity contribution in [2.45, 2.75) is 5.92 Å². The van der Waals surface area contributed by atoms with Crippen LogP contribution in [0.15, 0.2) is 48.5 Å². The van der Waals surface area contributed by atoms with Crippen molar-refractivity contribution >= 4 is 12.3 Å². The van der Waals surface area contributed by atoms with Crippen LogP contribution in [0.3, 0.4) is 0 Å². The van der Waals surface area contributed by atoms with Crippen LogP contribution in [-0.2, 0) is 9.59 Å². The Balaban J connectivity index is 1.90. The van der Waals surface area contributed by atoms with Crippen LogP contribution in [0.5, 0.6) is 0 Å². The van der Waals surface area contributed by atoms with Gasteiger partial charge in [-0.3, -0.25) is 9.59 Å². The Morgan fingerprint density at radius 3 is 1.68 bits per heavy atom. The van der Waals surface area contributed by atoms with Crippen LogP contribution >= 0.6 is 0 Å². The van der Waals surface area contributed by atoms with Gasteiger partial charge in [-0.15, -0.1) is 0 Å². The highest BCUT2D eigenvalue weighted by atomic mass is 19.1. The van der Waals surface area contributed by atoms with Gasteiger partial charge in [-0.1, -0.05) is 24.3 Å². The summed E-state index contributed by atoms with van der Waals surface area (Å²) in [6, 6.07) is 11.5. The molecule has 1 heterocycles. The average molecular weight is 344 g/mol. The lowest BCUT2D eigenvalue weighted by molar-refractivity contribution is -0.135. The lowest BCUT2D eigenvalue weighted by Crippen LogP contribution is -2.49. The van der Waals surface area contributed by atoms with E-state index >= 15 is 0 Å². The van der Waals surface area contributed by atoms with Crippen molar-refractivity contribution in [3.05, 3.63) is 71.3 Å². The molecule has 0 radical (unpaired) electrons. The van der Waals surface area contributed by atoms with Gasteiger partial charge in [0.05, 0.1) is 5.92 Å². The fourth-order valence-electron chi connectivity index (χ4n) is 3.02. The number of rotatable bonds is 4. The molecule has 0 aliphatic carbocycles. The minimum atomic E-state index is -0.635. The van der Waals surface area contributed by atoms with E-state index in [0.717, 1.165) is 6.41 Å². The summed E-state index contributed by atoms with van der Waals surface area (Å²) in [6.45, 7) is 1.84. The topological polar surface area (TPSA) is 40.6 Å². The number of benzene rings is 2. The molecule has 1 aliphatic rings. The highest BCUT2D eigenvalue weighted by Crippen LogP contribution is 2.28. The molecule has 6 heteroatoms. The second-order valence-corrected chi connectivity index (χ2v) is 6.00. The van der Waals surface area contributed by atoms with Crippen molar-refractivity contribution in [2.75, 3.05) is 26.2 Å². The Morgan fingerprint density at radius 2 is 1.28 bits per heavy atom. The molecule has 2 amide bonds. The van der Waals surface area contributed by atoms with E-state index in [1.807, 2.05) is 0 Å². The molecule has 1 saturated heterocycles. The van der Waals surface area contributed by atoms with Crippen LogP contribution in [0.1, 0.15) is 17.0 Å². The lowest BCUT2D eigenvalue weighted by atomic mass is 9.89. The predicted molar refractivity (Wildman–Crippen MR) is 88.9 cm³/mol. The van der Waals surface area contributed by atoms with Gasteiger partial charge in [-0.2, -0.15) is 0 Å². The molecule has 1 fully saturated rings. The summed E-state index contributed by atoms with van der Waals surface area (Å²) in [5.74, 6) is -1.53. The monoisotopic (exact) mass is 344 g/mol. The fourth-order valence-corrected chi connectivity index (χ4v) is 3.02. The van der Waals surface area contributed by atoms with Gasteiger partial charge >= 0.3 is 0 Å². The quantitative estimate of drug-likeness (QED) is 0.799. The molecule has 0 spiro atoms. The van der Waals surface area contributed by atoms with Gasteiger partial charge < -0.3 is 9.80 Å². The van der Waals surface area contributed by atoms with E-state index in [-0.39, 0.29) is 17.5 Å². The zero-order valence-corrected chi connectivity index (χ0v) is 13.6. The van der Waals surface area contributed by atoms with Crippen molar-refractivity contribution < 1.29 is 18.4 Å². The summed E-state index contributed by atoms with van der Waals surface area (Å²) < 4.78 is 26.5. The molecule has 0 bridgehead atoms. The third-order valence-corrected chi connectivity index (χ3v) is 4.43. The number of carbonyl (C=O) groups excluding carboxylic acids is 2. The summed E-state index contributed by atoms with van der Waals surface area (Å²) >= 11 is 0. The standard InChI is InChI=1S/C19H18F2N2O2/c20-16-5-1-14(2-6-16)18(15-3-7-17(21)8-4-15)19(25)23-11-9-22(13-24)10-12-23/h1-8,13,18H,9-12H2. The first-order valence-corrected chi connectivity index (χ1v) is 8.07. The molecule has 2 aromatic rings. The van der Waals surface area contributed by atoms with E-state index in [1.54, 1.807) is 34.1 Å². The molecule has 25 heavy (non-hydrogen) atoms. The highest BCUT2D eigenvalue weighted by Gasteiger charge is 2.29. The van der Waals surface area contributed by atoms with E-state index < -0.39 is 5.92 Å². The molecule has 3 rings (SSSR count). The predicted octanol–water partition coefficient (Wildman–Crippen LogP) is 2.40. The van der Waals surface area contributed by atoms with Gasteiger partial charge in [-0.25, -0.2) is 8.78 Å². The largest absolute Gasteiger partial charge is 0.342 e. The minimum absolute atomic E-state index is 0.135. The molecule has 4 nitrogen and oxygen atoms in total. The SMILES string of the molecule is O=CN1CCN(C(=O)C(c2ccc(F)cc2)c2ccc(F)cc2)CC1. The molecule has 130 valence electrons. The van der Waals surface area contributed by atoms with Gasteiger partial charge in [0.2, 0.25) is 12.3 Å². The average Bonchev–Trinajstić information content (AvgIpc) is 2.65. The number of hydrogen-bond donors (Lipinski definition) is 0. The maximum Gasteiger partial charge on any atom is 0.234 e. The molecular weight excluding hydrogens is 326 g/mol. The molecule has 0 atom stereocenters. The normalized spacial score (nSPS) is 14.7. The first kappa shape index (κ1) is 17.1. The molecular formula is C19H18F2N2O2. The Kier molecular flexibility index (Phi) is 5.07. The highest BCUT2D eigenvalue weighted by molar-refractivity contribution is 5.87. The van der Waals surface area contributed by atoms with Crippen LogP contribution in [0.25, 0.3) is 0 Å². The smallest absolute Gasteiger partial charge is 0.234 e. The van der Waals surface area contributed by atoms with Crippen molar-refractivity contribution in [1.82, 2.24) is 9.80 Å². The van der Waals surface area contributed by atoms with Crippen molar-refractivity contribution in [3.8, 4) is 0 Å². The van der Waals surface area contributed by atoms with Crippen molar-refractivity contribution in [2.24, 2.45) is 0 Å². The number of carbonyl (C=O) groups is 2. The third-order valence-electron chi connectivity index (χ3n) is 4.43. The second kappa shape index (κ2) is 7.42. The van der Waals surface area contributed by atoms with E-state index in [0.29, 0.717) is 37.3 Å². The third kappa shape index (κ3) is 3.84. The Bertz CT molecular complexity index is 694. The summed E-state index contributed by atoms with van der Waals surface area (Å²) in [5.41, 5.74) is 1.30. The minimum Gasteiger partial charge on any atom is -0.342 e. The van der Waals surface area contributed by atoms with Gasteiger partial charge in [0.15, 0.2) is 0 Å². The van der Waals surface area contributed by atoms with E-state index in [2.05, 4.69) is 0 Å². The van der Waals surface area contributed by atoms with Crippen molar-refractivity contribution in [1.29, 1.82) is 0 Å². The molecule has 1 aliphatic heterocycles. The molecule has 0 saturated carbocycles. The van der Waals surface area contributed by atoms with E-state index in [1.165, 1.54) is 24.3 Å². The van der Waals surface area contributed by atoms with Crippen LogP contribution < -0.4 is 0 Å². The maximum atomic E-state index is 13.3. The summed E-state index contributed by atoms with van der Waals surface area (Å²) in [7, 11) is 0. The molecule has 0 N–H and O–H groups in total. The van der Waals surface area contributed by atoms with Crippen LogP contribution in [0.2, 0.25) is 0 Å². The zero-order valence-electron chi connectivity index (χ0n) is 13.6. The number of amides is 2. The number of piperazine rings is 1. The molecule has 0 unspecified atom stereocenters. The second-order valence-electron chi connectivity index (χ2n) is 6.00. The number of nitrogens with zero attached hydrogens (tertiary/aromatic N) is 2. The Hall–Kier alpha value is -2.76. The van der Waals surface area contributed by atoms with Gasteiger partial charge in [0.25, 0.3) is 0 Å². The van der Waals surface area contributed by atoms with E-state index in [4.69, 9.17) is 0 Å². The molecule has 0 aromatic heterocycles.